The summed E-state index contributed by atoms with van der Waals surface area (Å²) < 4.78 is 10.6. The summed E-state index contributed by atoms with van der Waals surface area (Å²) in [5, 5.41) is 26.3. The van der Waals surface area contributed by atoms with Crippen LogP contribution in [0.5, 0.6) is 11.5 Å². The van der Waals surface area contributed by atoms with Crippen LogP contribution in [0.15, 0.2) is 53.6 Å². The maximum atomic E-state index is 11.6. The molecule has 136 valence electrons. The van der Waals surface area contributed by atoms with Gasteiger partial charge in [-0.3, -0.25) is 10.6 Å². The normalized spacial score (nSPS) is 13.7. The minimum Gasteiger partial charge on any atom is -0.872 e. The third-order valence-corrected chi connectivity index (χ3v) is 3.88. The molecule has 0 atom stereocenters. The lowest BCUT2D eigenvalue weighted by atomic mass is 10.0. The second kappa shape index (κ2) is 7.90. The summed E-state index contributed by atoms with van der Waals surface area (Å²) >= 11 is 0. The van der Waals surface area contributed by atoms with E-state index in [4.69, 9.17) is 9.47 Å². The highest BCUT2D eigenvalue weighted by Gasteiger charge is 2.15. The van der Waals surface area contributed by atoms with Crippen LogP contribution in [0, 0.1) is 6.92 Å². The Kier molecular flexibility index (Phi) is 5.40. The van der Waals surface area contributed by atoms with Crippen LogP contribution in [0.3, 0.4) is 0 Å². The number of hydrogen-bond acceptors (Lipinski definition) is 7. The zero-order chi connectivity index (χ0) is 18.5. The van der Waals surface area contributed by atoms with Crippen LogP contribution in [0.25, 0.3) is 5.70 Å². The van der Waals surface area contributed by atoms with E-state index in [1.807, 2.05) is 24.3 Å². The first-order valence-electron chi connectivity index (χ1n) is 8.13. The number of ether oxygens (including phenoxy) is 2. The Morgan fingerprint density at radius 2 is 2.00 bits per heavy atom. The van der Waals surface area contributed by atoms with Crippen molar-refractivity contribution in [2.45, 2.75) is 6.92 Å². The summed E-state index contributed by atoms with van der Waals surface area (Å²) in [7, 11) is 1.62. The average Bonchev–Trinajstić information content (AvgIpc) is 2.64. The molecule has 0 amide bonds. The van der Waals surface area contributed by atoms with Crippen molar-refractivity contribution >= 4 is 11.4 Å². The quantitative estimate of drug-likeness (QED) is 0.772. The molecule has 0 saturated carbocycles. The third-order valence-electron chi connectivity index (χ3n) is 3.88. The number of rotatable bonds is 6. The van der Waals surface area contributed by atoms with Crippen LogP contribution >= 0.6 is 0 Å². The molecule has 1 heterocycles. The first kappa shape index (κ1) is 17.8. The predicted molar refractivity (Wildman–Crippen MR) is 95.7 cm³/mol. The monoisotopic (exact) mass is 354 g/mol. The van der Waals surface area contributed by atoms with Gasteiger partial charge in [0.25, 0.3) is 0 Å². The van der Waals surface area contributed by atoms with E-state index in [2.05, 4.69) is 10.5 Å². The fraction of sp³-hybridized carbons (Fsp3) is 0.211. The van der Waals surface area contributed by atoms with E-state index in [-0.39, 0.29) is 5.75 Å². The van der Waals surface area contributed by atoms with Crippen molar-refractivity contribution in [3.05, 3.63) is 65.2 Å². The van der Waals surface area contributed by atoms with E-state index in [1.54, 1.807) is 32.2 Å². The number of allylic oxidation sites excluding steroid dienone is 1. The van der Waals surface area contributed by atoms with Gasteiger partial charge in [-0.1, -0.05) is 41.2 Å². The van der Waals surface area contributed by atoms with Gasteiger partial charge in [0.1, 0.15) is 12.4 Å². The molecule has 1 aliphatic rings. The minimum absolute atomic E-state index is 0.0270. The number of hydrazone groups is 1. The SMILES string of the molecule is COCCOc1cccc(C2=NN(O)NC(c3ccc([O-])c(C)c3)=C2)c1. The van der Waals surface area contributed by atoms with Crippen molar-refractivity contribution in [3.63, 3.8) is 0 Å². The number of hydrogen-bond donors (Lipinski definition) is 2. The van der Waals surface area contributed by atoms with Crippen LogP contribution in [0.2, 0.25) is 0 Å². The molecule has 1 aliphatic heterocycles. The highest BCUT2D eigenvalue weighted by atomic mass is 16.6. The van der Waals surface area contributed by atoms with Gasteiger partial charge in [-0.25, -0.2) is 0 Å². The number of benzene rings is 2. The molecule has 0 aliphatic carbocycles. The van der Waals surface area contributed by atoms with Gasteiger partial charge >= 0.3 is 0 Å². The lowest BCUT2D eigenvalue weighted by Crippen LogP contribution is -2.33. The maximum absolute atomic E-state index is 11.6. The fourth-order valence-corrected chi connectivity index (χ4v) is 2.53. The molecule has 7 nitrogen and oxygen atoms in total. The Bertz CT molecular complexity index is 848. The van der Waals surface area contributed by atoms with Gasteiger partial charge < -0.3 is 14.6 Å². The highest BCUT2D eigenvalue weighted by molar-refractivity contribution is 6.12. The van der Waals surface area contributed by atoms with E-state index in [0.29, 0.717) is 41.2 Å². The molecule has 0 unspecified atom stereocenters. The zero-order valence-electron chi connectivity index (χ0n) is 14.6. The maximum Gasteiger partial charge on any atom is 0.120 e. The lowest BCUT2D eigenvalue weighted by Gasteiger charge is -2.23. The number of nitrogens with zero attached hydrogens (tertiary/aromatic N) is 2. The number of hydrazine groups is 1. The first-order chi connectivity index (χ1) is 12.6. The van der Waals surface area contributed by atoms with Crippen LogP contribution in [-0.2, 0) is 4.74 Å². The number of aryl methyl sites for hydroxylation is 1. The van der Waals surface area contributed by atoms with Gasteiger partial charge in [0.15, 0.2) is 0 Å². The van der Waals surface area contributed by atoms with Crippen molar-refractivity contribution in [1.82, 2.24) is 10.7 Å². The zero-order valence-corrected chi connectivity index (χ0v) is 14.6. The topological polar surface area (TPSA) is 89.4 Å². The average molecular weight is 354 g/mol. The van der Waals surface area contributed by atoms with Crippen molar-refractivity contribution in [2.75, 3.05) is 20.3 Å². The minimum atomic E-state index is -0.0270. The molecule has 2 aromatic carbocycles. The molecule has 2 aromatic rings. The highest BCUT2D eigenvalue weighted by Crippen LogP contribution is 2.23. The Labute approximate surface area is 151 Å². The van der Waals surface area contributed by atoms with Crippen molar-refractivity contribution in [2.24, 2.45) is 5.10 Å². The second-order valence-electron chi connectivity index (χ2n) is 5.79. The van der Waals surface area contributed by atoms with Crippen LogP contribution in [-0.4, -0.2) is 36.5 Å². The van der Waals surface area contributed by atoms with Crippen molar-refractivity contribution < 1.29 is 19.8 Å². The molecule has 7 heteroatoms. The number of methoxy groups -OCH3 is 1. The van der Waals surface area contributed by atoms with Crippen LogP contribution < -0.4 is 15.3 Å². The van der Waals surface area contributed by atoms with Crippen LogP contribution in [0.1, 0.15) is 16.7 Å². The van der Waals surface area contributed by atoms with E-state index in [0.717, 1.165) is 11.1 Å². The first-order valence-corrected chi connectivity index (χ1v) is 8.13. The van der Waals surface area contributed by atoms with Crippen molar-refractivity contribution in [3.8, 4) is 11.5 Å². The predicted octanol–water partition coefficient (Wildman–Crippen LogP) is 2.05. The van der Waals surface area contributed by atoms with E-state index < -0.39 is 0 Å². The van der Waals surface area contributed by atoms with Crippen LogP contribution in [0.4, 0.5) is 0 Å². The molecular weight excluding hydrogens is 334 g/mol. The smallest absolute Gasteiger partial charge is 0.120 e. The Hall–Kier alpha value is -3.03. The molecule has 0 radical (unpaired) electrons. The largest absolute Gasteiger partial charge is 0.872 e. The molecule has 2 N–H and O–H groups in total. The summed E-state index contributed by atoms with van der Waals surface area (Å²) in [6.45, 7) is 2.70. The van der Waals surface area contributed by atoms with Gasteiger partial charge in [0, 0.05) is 12.7 Å². The fourth-order valence-electron chi connectivity index (χ4n) is 2.53. The summed E-state index contributed by atoms with van der Waals surface area (Å²) in [5.41, 5.74) is 6.13. The van der Waals surface area contributed by atoms with Gasteiger partial charge in [0.05, 0.1) is 18.0 Å². The van der Waals surface area contributed by atoms with Crippen molar-refractivity contribution in [1.29, 1.82) is 0 Å². The molecule has 0 saturated heterocycles. The summed E-state index contributed by atoms with van der Waals surface area (Å²) in [4.78, 5) is 0. The molecule has 3 rings (SSSR count). The third kappa shape index (κ3) is 4.14. The van der Waals surface area contributed by atoms with E-state index in [9.17, 15) is 10.3 Å². The number of nitrogens with one attached hydrogen (secondary N) is 1. The standard InChI is InChI=1S/C19H21N3O4/c1-13-10-15(6-7-19(13)23)18-12-17(20-22(24)21-18)14-4-3-5-16(11-14)26-9-8-25-2/h3-7,10-12,21,23-24H,8-9H2,1-2H3/p-1. The summed E-state index contributed by atoms with van der Waals surface area (Å²) in [5.74, 6) is 0.660. The molecule has 0 bridgehead atoms. The second-order valence-corrected chi connectivity index (χ2v) is 5.79. The molecular formula is C19H20N3O4-. The summed E-state index contributed by atoms with van der Waals surface area (Å²) in [6.07, 6.45) is 1.81. The molecule has 0 spiro atoms. The van der Waals surface area contributed by atoms with E-state index in [1.165, 1.54) is 6.07 Å². The summed E-state index contributed by atoms with van der Waals surface area (Å²) in [6, 6.07) is 12.4. The van der Waals surface area contributed by atoms with Gasteiger partial charge in [0.2, 0.25) is 0 Å². The molecule has 0 aromatic heterocycles. The Morgan fingerprint density at radius 1 is 1.15 bits per heavy atom. The van der Waals surface area contributed by atoms with Gasteiger partial charge in [-0.05, 0) is 30.7 Å². The Balaban J connectivity index is 1.88. The van der Waals surface area contributed by atoms with Gasteiger partial charge in [-0.2, -0.15) is 0 Å². The molecule has 0 fully saturated rings. The van der Waals surface area contributed by atoms with E-state index >= 15 is 0 Å². The molecule has 26 heavy (non-hydrogen) atoms. The van der Waals surface area contributed by atoms with Gasteiger partial charge in [-0.15, -0.1) is 10.9 Å². The Morgan fingerprint density at radius 3 is 2.77 bits per heavy atom. The lowest BCUT2D eigenvalue weighted by molar-refractivity contribution is -0.269.